The molecule has 2 heterocycles. The Labute approximate surface area is 156 Å². The van der Waals surface area contributed by atoms with Crippen molar-refractivity contribution in [1.29, 1.82) is 0 Å². The minimum absolute atomic E-state index is 0.225. The highest BCUT2D eigenvalue weighted by atomic mass is 16.2. The highest BCUT2D eigenvalue weighted by Crippen LogP contribution is 2.42. The van der Waals surface area contributed by atoms with Crippen LogP contribution in [0.25, 0.3) is 0 Å². The molecule has 2 saturated heterocycles. The SMILES string of the molecule is Cc1ccc(CCC(=O)N2C[C@@H]3CNC[C@@H]3[C@H]2c2ccccc2)c(C)c1. The Morgan fingerprint density at radius 3 is 2.69 bits per heavy atom. The van der Waals surface area contributed by atoms with Gasteiger partial charge in [-0.3, -0.25) is 4.79 Å². The van der Waals surface area contributed by atoms with Gasteiger partial charge < -0.3 is 10.2 Å². The van der Waals surface area contributed by atoms with E-state index in [0.29, 0.717) is 24.2 Å². The summed E-state index contributed by atoms with van der Waals surface area (Å²) in [6.45, 7) is 7.21. The molecule has 2 fully saturated rings. The molecular formula is C23H28N2O. The van der Waals surface area contributed by atoms with Crippen LogP contribution in [0.15, 0.2) is 48.5 Å². The van der Waals surface area contributed by atoms with E-state index in [1.165, 1.54) is 22.3 Å². The molecule has 3 heteroatoms. The fourth-order valence-corrected chi connectivity index (χ4v) is 4.77. The van der Waals surface area contributed by atoms with Gasteiger partial charge in [0.2, 0.25) is 5.91 Å². The number of fused-ring (bicyclic) bond motifs is 1. The maximum absolute atomic E-state index is 13.1. The molecule has 2 aliphatic heterocycles. The average Bonchev–Trinajstić information content (AvgIpc) is 3.22. The van der Waals surface area contributed by atoms with Gasteiger partial charge in [-0.25, -0.2) is 0 Å². The Morgan fingerprint density at radius 2 is 1.92 bits per heavy atom. The van der Waals surface area contributed by atoms with Crippen LogP contribution in [-0.2, 0) is 11.2 Å². The van der Waals surface area contributed by atoms with Crippen molar-refractivity contribution in [2.45, 2.75) is 32.7 Å². The van der Waals surface area contributed by atoms with Gasteiger partial charge in [-0.05, 0) is 42.9 Å². The Balaban J connectivity index is 1.50. The summed E-state index contributed by atoms with van der Waals surface area (Å²) in [5.74, 6) is 1.43. The average molecular weight is 348 g/mol. The highest BCUT2D eigenvalue weighted by molar-refractivity contribution is 5.77. The van der Waals surface area contributed by atoms with Crippen LogP contribution in [0, 0.1) is 25.7 Å². The number of aryl methyl sites for hydroxylation is 3. The molecule has 2 aromatic rings. The molecule has 2 aromatic carbocycles. The molecule has 0 unspecified atom stereocenters. The zero-order chi connectivity index (χ0) is 18.1. The van der Waals surface area contributed by atoms with Gasteiger partial charge in [0.1, 0.15) is 0 Å². The standard InChI is InChI=1S/C23H28N2O/c1-16-8-9-18(17(2)12-16)10-11-22(26)25-15-20-13-24-14-21(20)23(25)19-6-4-3-5-7-19/h3-9,12,20-21,23-24H,10-11,13-15H2,1-2H3/t20-,21-,23+/m0/s1. The van der Waals surface area contributed by atoms with E-state index in [1.54, 1.807) is 0 Å². The Bertz CT molecular complexity index is 786. The smallest absolute Gasteiger partial charge is 0.223 e. The first kappa shape index (κ1) is 17.3. The number of rotatable bonds is 4. The molecule has 2 aliphatic rings. The number of amides is 1. The van der Waals surface area contributed by atoms with Crippen molar-refractivity contribution in [3.05, 3.63) is 70.8 Å². The summed E-state index contributed by atoms with van der Waals surface area (Å²) in [5.41, 5.74) is 5.14. The van der Waals surface area contributed by atoms with Crippen molar-refractivity contribution in [2.75, 3.05) is 19.6 Å². The Hall–Kier alpha value is -2.13. The summed E-state index contributed by atoms with van der Waals surface area (Å²) in [5, 5.41) is 3.52. The second-order valence-corrected chi connectivity index (χ2v) is 7.91. The predicted molar refractivity (Wildman–Crippen MR) is 105 cm³/mol. The van der Waals surface area contributed by atoms with E-state index in [1.807, 2.05) is 0 Å². The van der Waals surface area contributed by atoms with Crippen molar-refractivity contribution < 1.29 is 4.79 Å². The van der Waals surface area contributed by atoms with Gasteiger partial charge in [-0.2, -0.15) is 0 Å². The molecule has 0 bridgehead atoms. The van der Waals surface area contributed by atoms with Crippen LogP contribution in [0.5, 0.6) is 0 Å². The lowest BCUT2D eigenvalue weighted by Gasteiger charge is -2.28. The van der Waals surface area contributed by atoms with Crippen molar-refractivity contribution in [3.8, 4) is 0 Å². The fraction of sp³-hybridized carbons (Fsp3) is 0.435. The van der Waals surface area contributed by atoms with E-state index in [9.17, 15) is 4.79 Å². The van der Waals surface area contributed by atoms with Crippen molar-refractivity contribution in [1.82, 2.24) is 10.2 Å². The monoisotopic (exact) mass is 348 g/mol. The maximum Gasteiger partial charge on any atom is 0.223 e. The number of hydrogen-bond acceptors (Lipinski definition) is 2. The number of benzene rings is 2. The molecule has 0 spiro atoms. The zero-order valence-electron chi connectivity index (χ0n) is 15.7. The molecule has 3 atom stereocenters. The molecule has 0 radical (unpaired) electrons. The lowest BCUT2D eigenvalue weighted by molar-refractivity contribution is -0.132. The third-order valence-corrected chi connectivity index (χ3v) is 6.13. The molecule has 136 valence electrons. The van der Waals surface area contributed by atoms with Crippen LogP contribution in [0.3, 0.4) is 0 Å². The van der Waals surface area contributed by atoms with Crippen LogP contribution in [0.2, 0.25) is 0 Å². The third-order valence-electron chi connectivity index (χ3n) is 6.13. The molecule has 0 aliphatic carbocycles. The molecule has 0 saturated carbocycles. The highest BCUT2D eigenvalue weighted by Gasteiger charge is 2.46. The van der Waals surface area contributed by atoms with Crippen LogP contribution in [-0.4, -0.2) is 30.4 Å². The van der Waals surface area contributed by atoms with Crippen molar-refractivity contribution >= 4 is 5.91 Å². The molecule has 0 aromatic heterocycles. The first-order valence-electron chi connectivity index (χ1n) is 9.75. The summed E-state index contributed by atoms with van der Waals surface area (Å²) < 4.78 is 0. The first-order chi connectivity index (χ1) is 12.6. The largest absolute Gasteiger partial charge is 0.335 e. The van der Waals surface area contributed by atoms with Crippen molar-refractivity contribution in [2.24, 2.45) is 11.8 Å². The van der Waals surface area contributed by atoms with Crippen LogP contribution in [0.1, 0.15) is 34.7 Å². The van der Waals surface area contributed by atoms with Gasteiger partial charge in [0.15, 0.2) is 0 Å². The van der Waals surface area contributed by atoms with Crippen LogP contribution >= 0.6 is 0 Å². The first-order valence-corrected chi connectivity index (χ1v) is 9.75. The molecule has 3 nitrogen and oxygen atoms in total. The summed E-state index contributed by atoms with van der Waals surface area (Å²) in [4.78, 5) is 15.3. The quantitative estimate of drug-likeness (QED) is 0.915. The van der Waals surface area contributed by atoms with Gasteiger partial charge >= 0.3 is 0 Å². The molecule has 1 amide bonds. The number of likely N-dealkylation sites (tertiary alicyclic amines) is 1. The van der Waals surface area contributed by atoms with Crippen molar-refractivity contribution in [3.63, 3.8) is 0 Å². The van der Waals surface area contributed by atoms with E-state index in [-0.39, 0.29) is 6.04 Å². The second kappa shape index (κ2) is 7.24. The lowest BCUT2D eigenvalue weighted by Crippen LogP contribution is -2.34. The number of nitrogens with one attached hydrogen (secondary N) is 1. The second-order valence-electron chi connectivity index (χ2n) is 7.91. The molecule has 4 rings (SSSR count). The minimum atomic E-state index is 0.225. The molecular weight excluding hydrogens is 320 g/mol. The summed E-state index contributed by atoms with van der Waals surface area (Å²) in [6.07, 6.45) is 1.43. The van der Waals surface area contributed by atoms with E-state index in [2.05, 4.69) is 72.6 Å². The van der Waals surface area contributed by atoms with Gasteiger partial charge in [0.25, 0.3) is 0 Å². The number of nitrogens with zero attached hydrogens (tertiary/aromatic N) is 1. The number of carbonyl (C=O) groups is 1. The molecule has 1 N–H and O–H groups in total. The third kappa shape index (κ3) is 3.28. The zero-order valence-corrected chi connectivity index (χ0v) is 15.7. The van der Waals surface area contributed by atoms with E-state index in [4.69, 9.17) is 0 Å². The number of hydrogen-bond donors (Lipinski definition) is 1. The Morgan fingerprint density at radius 1 is 1.12 bits per heavy atom. The van der Waals surface area contributed by atoms with Gasteiger partial charge in [0, 0.05) is 32.0 Å². The van der Waals surface area contributed by atoms with Crippen LogP contribution < -0.4 is 5.32 Å². The predicted octanol–water partition coefficient (Wildman–Crippen LogP) is 3.66. The summed E-state index contributed by atoms with van der Waals surface area (Å²) in [6, 6.07) is 17.3. The van der Waals surface area contributed by atoms with Crippen LogP contribution in [0.4, 0.5) is 0 Å². The van der Waals surface area contributed by atoms with E-state index < -0.39 is 0 Å². The van der Waals surface area contributed by atoms with Gasteiger partial charge in [-0.15, -0.1) is 0 Å². The summed E-state index contributed by atoms with van der Waals surface area (Å²) in [7, 11) is 0. The maximum atomic E-state index is 13.1. The topological polar surface area (TPSA) is 32.3 Å². The normalized spacial score (nSPS) is 24.7. The minimum Gasteiger partial charge on any atom is -0.335 e. The lowest BCUT2D eigenvalue weighted by atomic mass is 9.89. The van der Waals surface area contributed by atoms with E-state index in [0.717, 1.165) is 26.1 Å². The summed E-state index contributed by atoms with van der Waals surface area (Å²) >= 11 is 0. The van der Waals surface area contributed by atoms with Gasteiger partial charge in [-0.1, -0.05) is 54.1 Å². The number of carbonyl (C=O) groups excluding carboxylic acids is 1. The molecule has 26 heavy (non-hydrogen) atoms. The fourth-order valence-electron chi connectivity index (χ4n) is 4.77. The van der Waals surface area contributed by atoms with Gasteiger partial charge in [0.05, 0.1) is 6.04 Å². The Kier molecular flexibility index (Phi) is 4.82. The van der Waals surface area contributed by atoms with E-state index >= 15 is 0 Å².